The molecule has 1 saturated carbocycles. The third-order valence-corrected chi connectivity index (χ3v) is 3.02. The van der Waals surface area contributed by atoms with E-state index in [1.54, 1.807) is 0 Å². The molecule has 0 aromatic rings. The summed E-state index contributed by atoms with van der Waals surface area (Å²) in [6, 6.07) is 0. The predicted octanol–water partition coefficient (Wildman–Crippen LogP) is 1.96. The molecule has 3 heteroatoms. The van der Waals surface area contributed by atoms with Crippen LogP contribution in [0.5, 0.6) is 0 Å². The normalized spacial score (nSPS) is 21.8. The van der Waals surface area contributed by atoms with Crippen molar-refractivity contribution in [2.45, 2.75) is 51.2 Å². The topological polar surface area (TPSA) is 30.5 Å². The van der Waals surface area contributed by atoms with Gasteiger partial charge in [-0.1, -0.05) is 12.8 Å². The van der Waals surface area contributed by atoms with Crippen LogP contribution in [0.15, 0.2) is 0 Å². The lowest BCUT2D eigenvalue weighted by molar-refractivity contribution is -0.105. The van der Waals surface area contributed by atoms with Gasteiger partial charge in [-0.15, -0.1) is 0 Å². The molecule has 0 radical (unpaired) electrons. The lowest BCUT2D eigenvalue weighted by atomic mass is 10.0. The lowest BCUT2D eigenvalue weighted by Gasteiger charge is -2.32. The third kappa shape index (κ3) is 4.09. The maximum Gasteiger partial charge on any atom is 0.0810 e. The lowest BCUT2D eigenvalue weighted by Crippen LogP contribution is -2.42. The van der Waals surface area contributed by atoms with Crippen molar-refractivity contribution >= 4 is 0 Å². The highest BCUT2D eigenvalue weighted by Gasteiger charge is 2.35. The molecule has 0 aliphatic heterocycles. The molecule has 0 bridgehead atoms. The predicted molar refractivity (Wildman–Crippen MR) is 62.2 cm³/mol. The molecule has 1 N–H and O–H groups in total. The van der Waals surface area contributed by atoms with E-state index in [1.165, 1.54) is 25.7 Å². The van der Waals surface area contributed by atoms with Crippen molar-refractivity contribution in [3.05, 3.63) is 0 Å². The first-order valence-corrected chi connectivity index (χ1v) is 6.12. The molecule has 1 rings (SSSR count). The van der Waals surface area contributed by atoms with Crippen molar-refractivity contribution in [1.29, 1.82) is 0 Å². The summed E-state index contributed by atoms with van der Waals surface area (Å²) in [5.41, 5.74) is 0.0747. The maximum atomic E-state index is 6.15. The monoisotopic (exact) mass is 215 g/mol. The smallest absolute Gasteiger partial charge is 0.0810 e. The van der Waals surface area contributed by atoms with Crippen LogP contribution in [-0.2, 0) is 9.47 Å². The fourth-order valence-electron chi connectivity index (χ4n) is 2.42. The summed E-state index contributed by atoms with van der Waals surface area (Å²) in [7, 11) is 2.00. The minimum Gasteiger partial charge on any atom is -0.379 e. The SMILES string of the molecule is CCOCC(C)OC1(CNC)CCCC1. The molecule has 0 spiro atoms. The molecule has 1 atom stereocenters. The Hall–Kier alpha value is -0.120. The number of hydrogen-bond acceptors (Lipinski definition) is 3. The van der Waals surface area contributed by atoms with E-state index >= 15 is 0 Å². The summed E-state index contributed by atoms with van der Waals surface area (Å²) in [5, 5.41) is 3.25. The molecule has 0 aromatic carbocycles. The van der Waals surface area contributed by atoms with Gasteiger partial charge >= 0.3 is 0 Å². The molecule has 0 heterocycles. The van der Waals surface area contributed by atoms with Crippen LogP contribution in [0.25, 0.3) is 0 Å². The summed E-state index contributed by atoms with van der Waals surface area (Å²) in [6.45, 7) is 6.56. The van der Waals surface area contributed by atoms with E-state index in [4.69, 9.17) is 9.47 Å². The Labute approximate surface area is 93.5 Å². The van der Waals surface area contributed by atoms with Gasteiger partial charge in [0.2, 0.25) is 0 Å². The first-order valence-electron chi connectivity index (χ1n) is 6.12. The molecule has 1 aliphatic carbocycles. The third-order valence-electron chi connectivity index (χ3n) is 3.02. The van der Waals surface area contributed by atoms with Crippen LogP contribution in [0.4, 0.5) is 0 Å². The van der Waals surface area contributed by atoms with Crippen molar-refractivity contribution in [1.82, 2.24) is 5.32 Å². The van der Waals surface area contributed by atoms with E-state index in [0.717, 1.165) is 13.2 Å². The van der Waals surface area contributed by atoms with Crippen LogP contribution in [0, 0.1) is 0 Å². The van der Waals surface area contributed by atoms with Crippen LogP contribution in [0.3, 0.4) is 0 Å². The van der Waals surface area contributed by atoms with Crippen molar-refractivity contribution in [2.75, 3.05) is 26.8 Å². The van der Waals surface area contributed by atoms with Crippen LogP contribution >= 0.6 is 0 Å². The molecule has 0 saturated heterocycles. The van der Waals surface area contributed by atoms with Gasteiger partial charge in [0.15, 0.2) is 0 Å². The van der Waals surface area contributed by atoms with Gasteiger partial charge in [-0.25, -0.2) is 0 Å². The first-order chi connectivity index (χ1) is 7.22. The van der Waals surface area contributed by atoms with Gasteiger partial charge in [0.1, 0.15) is 0 Å². The van der Waals surface area contributed by atoms with Gasteiger partial charge in [-0.05, 0) is 33.7 Å². The second-order valence-corrected chi connectivity index (χ2v) is 4.51. The zero-order chi connectivity index (χ0) is 11.1. The van der Waals surface area contributed by atoms with E-state index < -0.39 is 0 Å². The van der Waals surface area contributed by atoms with Crippen LogP contribution in [0.2, 0.25) is 0 Å². The number of likely N-dealkylation sites (N-methyl/N-ethyl adjacent to an activating group) is 1. The zero-order valence-corrected chi connectivity index (χ0v) is 10.3. The van der Waals surface area contributed by atoms with Gasteiger partial charge in [0, 0.05) is 13.2 Å². The summed E-state index contributed by atoms with van der Waals surface area (Å²) in [4.78, 5) is 0. The van der Waals surface area contributed by atoms with Crippen LogP contribution in [0.1, 0.15) is 39.5 Å². The van der Waals surface area contributed by atoms with E-state index in [0.29, 0.717) is 6.61 Å². The molecular weight excluding hydrogens is 190 g/mol. The highest BCUT2D eigenvalue weighted by atomic mass is 16.5. The number of hydrogen-bond donors (Lipinski definition) is 1. The number of rotatable bonds is 7. The molecule has 90 valence electrons. The highest BCUT2D eigenvalue weighted by Crippen LogP contribution is 2.33. The van der Waals surface area contributed by atoms with E-state index in [9.17, 15) is 0 Å². The van der Waals surface area contributed by atoms with Crippen molar-refractivity contribution in [2.24, 2.45) is 0 Å². The highest BCUT2D eigenvalue weighted by molar-refractivity contribution is 4.88. The maximum absolute atomic E-state index is 6.15. The molecular formula is C12H25NO2. The Morgan fingerprint density at radius 3 is 2.53 bits per heavy atom. The van der Waals surface area contributed by atoms with Crippen molar-refractivity contribution < 1.29 is 9.47 Å². The first kappa shape index (κ1) is 12.9. The van der Waals surface area contributed by atoms with Gasteiger partial charge in [0.25, 0.3) is 0 Å². The molecule has 1 aliphatic rings. The molecule has 3 nitrogen and oxygen atoms in total. The fourth-order valence-corrected chi connectivity index (χ4v) is 2.42. The summed E-state index contributed by atoms with van der Waals surface area (Å²) >= 11 is 0. The minimum atomic E-state index is 0.0747. The quantitative estimate of drug-likeness (QED) is 0.704. The molecule has 0 aromatic heterocycles. The summed E-state index contributed by atoms with van der Waals surface area (Å²) in [5.74, 6) is 0. The van der Waals surface area contributed by atoms with Crippen LogP contribution in [-0.4, -0.2) is 38.5 Å². The minimum absolute atomic E-state index is 0.0747. The summed E-state index contributed by atoms with van der Waals surface area (Å²) < 4.78 is 11.5. The Bertz CT molecular complexity index is 167. The second kappa shape index (κ2) is 6.46. The Balaban J connectivity index is 2.36. The Morgan fingerprint density at radius 1 is 1.33 bits per heavy atom. The van der Waals surface area contributed by atoms with Crippen LogP contribution < -0.4 is 5.32 Å². The summed E-state index contributed by atoms with van der Waals surface area (Å²) in [6.07, 6.45) is 5.16. The molecule has 1 unspecified atom stereocenters. The van der Waals surface area contributed by atoms with Gasteiger partial charge < -0.3 is 14.8 Å². The average molecular weight is 215 g/mol. The number of ether oxygens (including phenoxy) is 2. The Morgan fingerprint density at radius 2 is 2.00 bits per heavy atom. The number of nitrogens with one attached hydrogen (secondary N) is 1. The van der Waals surface area contributed by atoms with E-state index in [2.05, 4.69) is 12.2 Å². The van der Waals surface area contributed by atoms with Gasteiger partial charge in [-0.3, -0.25) is 0 Å². The van der Waals surface area contributed by atoms with Gasteiger partial charge in [0.05, 0.1) is 18.3 Å². The largest absolute Gasteiger partial charge is 0.379 e. The van der Waals surface area contributed by atoms with Gasteiger partial charge in [-0.2, -0.15) is 0 Å². The van der Waals surface area contributed by atoms with E-state index in [-0.39, 0.29) is 11.7 Å². The fraction of sp³-hybridized carbons (Fsp3) is 1.00. The molecule has 1 fully saturated rings. The molecule has 0 amide bonds. The standard InChI is InChI=1S/C12H25NO2/c1-4-14-9-11(2)15-12(10-13-3)7-5-6-8-12/h11,13H,4-10H2,1-3H3. The van der Waals surface area contributed by atoms with Crippen molar-refractivity contribution in [3.63, 3.8) is 0 Å². The van der Waals surface area contributed by atoms with Crippen molar-refractivity contribution in [3.8, 4) is 0 Å². The van der Waals surface area contributed by atoms with E-state index in [1.807, 2.05) is 14.0 Å². The molecule has 15 heavy (non-hydrogen) atoms. The average Bonchev–Trinajstić information content (AvgIpc) is 2.64. The Kier molecular flexibility index (Phi) is 5.58. The second-order valence-electron chi connectivity index (χ2n) is 4.51. The zero-order valence-electron chi connectivity index (χ0n) is 10.3.